The zero-order valence-corrected chi connectivity index (χ0v) is 8.29. The molecule has 0 aromatic carbocycles. The minimum atomic E-state index is -0.231. The van der Waals surface area contributed by atoms with Crippen molar-refractivity contribution < 1.29 is 14.4 Å². The number of imide groups is 1. The van der Waals surface area contributed by atoms with E-state index in [2.05, 4.69) is 0 Å². The smallest absolute Gasteiger partial charge is 0.230 e. The van der Waals surface area contributed by atoms with Crippen molar-refractivity contribution in [3.8, 4) is 0 Å². The number of nitrogens with zero attached hydrogens (tertiary/aromatic N) is 1. The van der Waals surface area contributed by atoms with Gasteiger partial charge >= 0.3 is 0 Å². The molecule has 1 rings (SSSR count). The second-order valence-electron chi connectivity index (χ2n) is 2.58. The summed E-state index contributed by atoms with van der Waals surface area (Å²) >= 11 is 0. The molecule has 74 valence electrons. The minimum absolute atomic E-state index is 0.0579. The number of likely N-dealkylation sites (tertiary alicyclic amines) is 1. The molecule has 13 heavy (non-hydrogen) atoms. The highest BCUT2D eigenvalue weighted by atomic mass is 16.2. The van der Waals surface area contributed by atoms with Gasteiger partial charge in [-0.15, -0.1) is 0 Å². The van der Waals surface area contributed by atoms with Gasteiger partial charge in [-0.05, 0) is 6.92 Å². The van der Waals surface area contributed by atoms with Crippen LogP contribution in [0.25, 0.3) is 0 Å². The number of amides is 2. The quantitative estimate of drug-likeness (QED) is 0.596. The van der Waals surface area contributed by atoms with E-state index in [1.807, 2.05) is 13.8 Å². The molecule has 0 bridgehead atoms. The van der Waals surface area contributed by atoms with Gasteiger partial charge in [0.2, 0.25) is 11.8 Å². The normalized spacial score (nSPS) is 15.5. The zero-order chi connectivity index (χ0) is 10.4. The van der Waals surface area contributed by atoms with Crippen LogP contribution >= 0.6 is 0 Å². The fourth-order valence-corrected chi connectivity index (χ4v) is 1.02. The van der Waals surface area contributed by atoms with Gasteiger partial charge in [0.1, 0.15) is 5.78 Å². The van der Waals surface area contributed by atoms with Crippen LogP contribution in [0.2, 0.25) is 0 Å². The second-order valence-corrected chi connectivity index (χ2v) is 2.58. The maximum absolute atomic E-state index is 10.9. The van der Waals surface area contributed by atoms with Crippen LogP contribution in [0.4, 0.5) is 0 Å². The van der Waals surface area contributed by atoms with Gasteiger partial charge in [0.15, 0.2) is 0 Å². The zero-order valence-electron chi connectivity index (χ0n) is 8.29. The first-order valence-corrected chi connectivity index (χ1v) is 4.44. The van der Waals surface area contributed by atoms with Crippen LogP contribution in [-0.4, -0.2) is 29.0 Å². The SMILES string of the molecule is CC.CC(=O)CN1C(=O)CCC1=O. The van der Waals surface area contributed by atoms with Crippen molar-refractivity contribution in [2.75, 3.05) is 6.54 Å². The van der Waals surface area contributed by atoms with E-state index in [9.17, 15) is 14.4 Å². The highest BCUT2D eigenvalue weighted by Gasteiger charge is 2.29. The van der Waals surface area contributed by atoms with Crippen LogP contribution in [0, 0.1) is 0 Å². The molecule has 2 amide bonds. The third kappa shape index (κ3) is 3.36. The molecule has 0 saturated carbocycles. The molecule has 0 aromatic heterocycles. The highest BCUT2D eigenvalue weighted by Crippen LogP contribution is 2.10. The van der Waals surface area contributed by atoms with E-state index >= 15 is 0 Å². The lowest BCUT2D eigenvalue weighted by molar-refractivity contribution is -0.141. The number of ketones is 1. The predicted octanol–water partition coefficient (Wildman–Crippen LogP) is 0.751. The molecular formula is C9H15NO3. The van der Waals surface area contributed by atoms with Gasteiger partial charge in [-0.2, -0.15) is 0 Å². The van der Waals surface area contributed by atoms with E-state index < -0.39 is 0 Å². The van der Waals surface area contributed by atoms with Gasteiger partial charge in [-0.1, -0.05) is 13.8 Å². The van der Waals surface area contributed by atoms with E-state index in [-0.39, 0.29) is 37.0 Å². The van der Waals surface area contributed by atoms with Gasteiger partial charge in [0, 0.05) is 12.8 Å². The van der Waals surface area contributed by atoms with E-state index in [0.29, 0.717) is 0 Å². The van der Waals surface area contributed by atoms with Crippen molar-refractivity contribution in [3.63, 3.8) is 0 Å². The second kappa shape index (κ2) is 5.45. The third-order valence-electron chi connectivity index (χ3n) is 1.54. The van der Waals surface area contributed by atoms with Crippen molar-refractivity contribution in [1.82, 2.24) is 4.90 Å². The van der Waals surface area contributed by atoms with E-state index in [0.717, 1.165) is 4.90 Å². The van der Waals surface area contributed by atoms with Crippen molar-refractivity contribution in [1.29, 1.82) is 0 Å². The monoisotopic (exact) mass is 185 g/mol. The van der Waals surface area contributed by atoms with Crippen molar-refractivity contribution in [2.45, 2.75) is 33.6 Å². The molecule has 1 fully saturated rings. The van der Waals surface area contributed by atoms with Crippen LogP contribution in [-0.2, 0) is 14.4 Å². The van der Waals surface area contributed by atoms with Crippen LogP contribution in [0.5, 0.6) is 0 Å². The molecule has 1 saturated heterocycles. The summed E-state index contributed by atoms with van der Waals surface area (Å²) in [6, 6.07) is 0. The molecule has 1 aliphatic rings. The first kappa shape index (κ1) is 11.8. The van der Waals surface area contributed by atoms with Gasteiger partial charge < -0.3 is 0 Å². The largest absolute Gasteiger partial charge is 0.298 e. The predicted molar refractivity (Wildman–Crippen MR) is 48.0 cm³/mol. The molecule has 1 heterocycles. The average Bonchev–Trinajstić information content (AvgIpc) is 2.39. The number of hydrogen-bond donors (Lipinski definition) is 0. The Morgan fingerprint density at radius 2 is 1.62 bits per heavy atom. The molecule has 1 aliphatic heterocycles. The lowest BCUT2D eigenvalue weighted by Crippen LogP contribution is -2.33. The van der Waals surface area contributed by atoms with Crippen LogP contribution < -0.4 is 0 Å². The standard InChI is InChI=1S/C7H9NO3.C2H6/c1-5(9)4-8-6(10)2-3-7(8)11;1-2/h2-4H2,1H3;1-2H3. The molecule has 0 unspecified atom stereocenters. The first-order valence-electron chi connectivity index (χ1n) is 4.44. The van der Waals surface area contributed by atoms with Crippen LogP contribution in [0.3, 0.4) is 0 Å². The first-order chi connectivity index (χ1) is 6.11. The minimum Gasteiger partial charge on any atom is -0.298 e. The molecule has 0 aromatic rings. The van der Waals surface area contributed by atoms with Gasteiger partial charge in [-0.25, -0.2) is 0 Å². The highest BCUT2D eigenvalue weighted by molar-refractivity contribution is 6.04. The van der Waals surface area contributed by atoms with E-state index in [1.165, 1.54) is 6.92 Å². The Hall–Kier alpha value is -1.19. The molecule has 0 N–H and O–H groups in total. The van der Waals surface area contributed by atoms with Crippen molar-refractivity contribution in [2.24, 2.45) is 0 Å². The van der Waals surface area contributed by atoms with Gasteiger partial charge in [0.05, 0.1) is 6.54 Å². The van der Waals surface area contributed by atoms with Crippen LogP contribution in [0.1, 0.15) is 33.6 Å². The number of rotatable bonds is 2. The van der Waals surface area contributed by atoms with Crippen molar-refractivity contribution in [3.05, 3.63) is 0 Å². The van der Waals surface area contributed by atoms with E-state index in [1.54, 1.807) is 0 Å². The number of hydrogen-bond acceptors (Lipinski definition) is 3. The lowest BCUT2D eigenvalue weighted by atomic mass is 10.4. The Bertz CT molecular complexity index is 207. The summed E-state index contributed by atoms with van der Waals surface area (Å²) in [4.78, 5) is 33.3. The Morgan fingerprint density at radius 1 is 1.23 bits per heavy atom. The van der Waals surface area contributed by atoms with Gasteiger partial charge in [-0.3, -0.25) is 19.3 Å². The van der Waals surface area contributed by atoms with Crippen molar-refractivity contribution >= 4 is 17.6 Å². The van der Waals surface area contributed by atoms with E-state index in [4.69, 9.17) is 0 Å². The summed E-state index contributed by atoms with van der Waals surface area (Å²) in [5.41, 5.74) is 0. The van der Waals surface area contributed by atoms with Gasteiger partial charge in [0.25, 0.3) is 0 Å². The Morgan fingerprint density at radius 3 is 1.92 bits per heavy atom. The molecule has 0 radical (unpaired) electrons. The fourth-order valence-electron chi connectivity index (χ4n) is 1.02. The number of carbonyl (C=O) groups excluding carboxylic acids is 3. The molecule has 0 aliphatic carbocycles. The maximum Gasteiger partial charge on any atom is 0.230 e. The topological polar surface area (TPSA) is 54.5 Å². The number of Topliss-reactive ketones (excluding diaryl/α,β-unsaturated/α-hetero) is 1. The molecule has 4 heteroatoms. The molecule has 0 spiro atoms. The van der Waals surface area contributed by atoms with Crippen LogP contribution in [0.15, 0.2) is 0 Å². The molecule has 0 atom stereocenters. The maximum atomic E-state index is 10.9. The third-order valence-corrected chi connectivity index (χ3v) is 1.54. The summed E-state index contributed by atoms with van der Waals surface area (Å²) in [5, 5.41) is 0. The average molecular weight is 185 g/mol. The summed E-state index contributed by atoms with van der Waals surface area (Å²) < 4.78 is 0. The lowest BCUT2D eigenvalue weighted by Gasteiger charge is -2.09. The molecule has 4 nitrogen and oxygen atoms in total. The summed E-state index contributed by atoms with van der Waals surface area (Å²) in [7, 11) is 0. The number of carbonyl (C=O) groups is 3. The summed E-state index contributed by atoms with van der Waals surface area (Å²) in [6.45, 7) is 5.30. The summed E-state index contributed by atoms with van der Waals surface area (Å²) in [5.74, 6) is -0.621. The Kier molecular flexibility index (Phi) is 4.96. The Labute approximate surface area is 77.9 Å². The Balaban J connectivity index is 0.000000671. The fraction of sp³-hybridized carbons (Fsp3) is 0.667. The summed E-state index contributed by atoms with van der Waals surface area (Å²) in [6.07, 6.45) is 0.512. The molecular weight excluding hydrogens is 170 g/mol.